The molecular formula is C21H14ClFN4O3S2. The molecule has 11 heteroatoms. The van der Waals surface area contributed by atoms with Crippen LogP contribution in [0.15, 0.2) is 77.7 Å². The summed E-state index contributed by atoms with van der Waals surface area (Å²) in [5, 5.41) is 2.80. The first kappa shape index (κ1) is 21.9. The molecule has 0 aliphatic heterocycles. The van der Waals surface area contributed by atoms with Crippen molar-refractivity contribution in [1.82, 2.24) is 9.36 Å². The summed E-state index contributed by atoms with van der Waals surface area (Å²) in [7, 11) is -4.13. The monoisotopic (exact) mass is 488 g/mol. The molecule has 162 valence electrons. The molecule has 0 saturated heterocycles. The number of aromatic nitrogens is 2. The van der Waals surface area contributed by atoms with Gasteiger partial charge in [0.05, 0.1) is 5.02 Å². The quantitative estimate of drug-likeness (QED) is 0.395. The number of amides is 1. The number of nitrogens with one attached hydrogen (secondary N) is 2. The minimum absolute atomic E-state index is 0.0605. The van der Waals surface area contributed by atoms with Crippen molar-refractivity contribution in [1.29, 1.82) is 0 Å². The molecule has 0 bridgehead atoms. The van der Waals surface area contributed by atoms with Crippen LogP contribution in [0.4, 0.5) is 15.2 Å². The molecule has 4 rings (SSSR count). The third kappa shape index (κ3) is 4.93. The molecular weight excluding hydrogens is 475 g/mol. The van der Waals surface area contributed by atoms with Gasteiger partial charge in [0, 0.05) is 28.3 Å². The SMILES string of the molecule is O=C(Nc1nc(-c2ccccc2)ns1)c1ccc(Cl)c(S(=O)(=O)Nc2ccc(F)cc2)c1. The summed E-state index contributed by atoms with van der Waals surface area (Å²) in [6.45, 7) is 0. The number of halogens is 2. The largest absolute Gasteiger partial charge is 0.297 e. The smallest absolute Gasteiger partial charge is 0.263 e. The van der Waals surface area contributed by atoms with E-state index in [0.717, 1.165) is 35.3 Å². The van der Waals surface area contributed by atoms with Crippen LogP contribution in [0, 0.1) is 5.82 Å². The van der Waals surface area contributed by atoms with E-state index in [1.807, 2.05) is 30.3 Å². The highest BCUT2D eigenvalue weighted by Gasteiger charge is 2.21. The Labute approximate surface area is 192 Å². The predicted octanol–water partition coefficient (Wildman–Crippen LogP) is 5.05. The van der Waals surface area contributed by atoms with Gasteiger partial charge in [0.15, 0.2) is 5.82 Å². The predicted molar refractivity (Wildman–Crippen MR) is 122 cm³/mol. The number of sulfonamides is 1. The van der Waals surface area contributed by atoms with Gasteiger partial charge in [-0.05, 0) is 42.5 Å². The highest BCUT2D eigenvalue weighted by molar-refractivity contribution is 7.92. The van der Waals surface area contributed by atoms with Crippen LogP contribution in [0.3, 0.4) is 0 Å². The molecule has 0 fully saturated rings. The van der Waals surface area contributed by atoms with Gasteiger partial charge < -0.3 is 0 Å². The number of rotatable bonds is 6. The normalized spacial score (nSPS) is 11.2. The summed E-state index contributed by atoms with van der Waals surface area (Å²) >= 11 is 7.08. The van der Waals surface area contributed by atoms with Gasteiger partial charge in [-0.15, -0.1) is 0 Å². The van der Waals surface area contributed by atoms with Crippen LogP contribution in [0.5, 0.6) is 0 Å². The van der Waals surface area contributed by atoms with Gasteiger partial charge in [-0.2, -0.15) is 9.36 Å². The van der Waals surface area contributed by atoms with Crippen molar-refractivity contribution in [3.8, 4) is 11.4 Å². The maximum Gasteiger partial charge on any atom is 0.263 e. The van der Waals surface area contributed by atoms with Crippen molar-refractivity contribution in [3.63, 3.8) is 0 Å². The number of carbonyl (C=O) groups is 1. The summed E-state index contributed by atoms with van der Waals surface area (Å²) in [5.41, 5.74) is 1.01. The zero-order valence-electron chi connectivity index (χ0n) is 16.1. The molecule has 0 spiro atoms. The molecule has 2 N–H and O–H groups in total. The van der Waals surface area contributed by atoms with Crippen LogP contribution >= 0.6 is 23.1 Å². The third-order valence-corrected chi connectivity index (χ3v) is 6.75. The number of anilines is 2. The van der Waals surface area contributed by atoms with E-state index in [1.54, 1.807) is 0 Å². The van der Waals surface area contributed by atoms with Crippen LogP contribution in [0.1, 0.15) is 10.4 Å². The molecule has 1 aromatic heterocycles. The van der Waals surface area contributed by atoms with Gasteiger partial charge in [0.25, 0.3) is 15.9 Å². The van der Waals surface area contributed by atoms with E-state index in [0.29, 0.717) is 5.82 Å². The van der Waals surface area contributed by atoms with Gasteiger partial charge in [-0.3, -0.25) is 14.8 Å². The van der Waals surface area contributed by atoms with E-state index in [1.165, 1.54) is 24.3 Å². The van der Waals surface area contributed by atoms with Crippen LogP contribution in [0.2, 0.25) is 5.02 Å². The molecule has 1 heterocycles. The summed E-state index contributed by atoms with van der Waals surface area (Å²) in [6, 6.07) is 17.9. The van der Waals surface area contributed by atoms with E-state index in [9.17, 15) is 17.6 Å². The second kappa shape index (κ2) is 9.03. The fraction of sp³-hybridized carbons (Fsp3) is 0. The molecule has 0 aliphatic carbocycles. The Kier molecular flexibility index (Phi) is 6.17. The van der Waals surface area contributed by atoms with E-state index >= 15 is 0 Å². The highest BCUT2D eigenvalue weighted by atomic mass is 35.5. The van der Waals surface area contributed by atoms with Crippen LogP contribution < -0.4 is 10.0 Å². The molecule has 0 aliphatic rings. The van der Waals surface area contributed by atoms with Crippen molar-refractivity contribution in [3.05, 3.63) is 89.2 Å². The van der Waals surface area contributed by atoms with E-state index in [-0.39, 0.29) is 26.3 Å². The molecule has 4 aromatic rings. The van der Waals surface area contributed by atoms with Gasteiger partial charge in [-0.1, -0.05) is 41.9 Å². The Morgan fingerprint density at radius 2 is 1.72 bits per heavy atom. The lowest BCUT2D eigenvalue weighted by atomic mass is 10.2. The zero-order valence-corrected chi connectivity index (χ0v) is 18.5. The van der Waals surface area contributed by atoms with E-state index in [4.69, 9.17) is 11.6 Å². The topological polar surface area (TPSA) is 101 Å². The standard InChI is InChI=1S/C21H14ClFN4O3S2/c22-17-11-6-14(12-18(17)32(29,30)27-16-9-7-15(23)8-10-16)20(28)25-21-24-19(26-31-21)13-4-2-1-3-5-13/h1-12,27H,(H,24,25,26,28). The average Bonchev–Trinajstić information content (AvgIpc) is 3.24. The Morgan fingerprint density at radius 3 is 2.44 bits per heavy atom. The lowest BCUT2D eigenvalue weighted by Gasteiger charge is -2.11. The minimum Gasteiger partial charge on any atom is -0.297 e. The number of nitrogens with zero attached hydrogens (tertiary/aromatic N) is 2. The van der Waals surface area contributed by atoms with Gasteiger partial charge in [0.1, 0.15) is 10.7 Å². The van der Waals surface area contributed by atoms with Crippen molar-refractivity contribution in [2.45, 2.75) is 4.90 Å². The van der Waals surface area contributed by atoms with E-state index < -0.39 is 21.7 Å². The average molecular weight is 489 g/mol. The van der Waals surface area contributed by atoms with Crippen LogP contribution in [-0.2, 0) is 10.0 Å². The van der Waals surface area contributed by atoms with Crippen molar-refractivity contribution >= 4 is 49.9 Å². The van der Waals surface area contributed by atoms with Gasteiger partial charge >= 0.3 is 0 Å². The first-order valence-corrected chi connectivity index (χ1v) is 11.7. The second-order valence-corrected chi connectivity index (χ2v) is 9.31. The fourth-order valence-electron chi connectivity index (χ4n) is 2.73. The summed E-state index contributed by atoms with van der Waals surface area (Å²) in [5.74, 6) is -0.610. The lowest BCUT2D eigenvalue weighted by Crippen LogP contribution is -2.16. The van der Waals surface area contributed by atoms with Gasteiger partial charge in [-0.25, -0.2) is 12.8 Å². The molecule has 0 saturated carbocycles. The first-order chi connectivity index (χ1) is 15.3. The molecule has 1 amide bonds. The fourth-order valence-corrected chi connectivity index (χ4v) is 4.90. The number of benzene rings is 3. The van der Waals surface area contributed by atoms with Crippen LogP contribution in [0.25, 0.3) is 11.4 Å². The third-order valence-electron chi connectivity index (χ3n) is 4.26. The van der Waals surface area contributed by atoms with Crippen molar-refractivity contribution in [2.24, 2.45) is 0 Å². The Balaban J connectivity index is 1.55. The maximum atomic E-state index is 13.1. The molecule has 0 atom stereocenters. The first-order valence-electron chi connectivity index (χ1n) is 9.10. The number of carbonyl (C=O) groups excluding carboxylic acids is 1. The van der Waals surface area contributed by atoms with E-state index in [2.05, 4.69) is 19.4 Å². The Hall–Kier alpha value is -3.34. The van der Waals surface area contributed by atoms with Crippen LogP contribution in [-0.4, -0.2) is 23.7 Å². The molecule has 0 unspecified atom stereocenters. The molecule has 7 nitrogen and oxygen atoms in total. The lowest BCUT2D eigenvalue weighted by molar-refractivity contribution is 0.102. The van der Waals surface area contributed by atoms with Crippen molar-refractivity contribution < 1.29 is 17.6 Å². The molecule has 32 heavy (non-hydrogen) atoms. The minimum atomic E-state index is -4.13. The molecule has 3 aromatic carbocycles. The second-order valence-electron chi connectivity index (χ2n) is 6.50. The number of hydrogen-bond acceptors (Lipinski definition) is 6. The summed E-state index contributed by atoms with van der Waals surface area (Å²) in [6.07, 6.45) is 0. The Morgan fingerprint density at radius 1 is 1.00 bits per heavy atom. The highest BCUT2D eigenvalue weighted by Crippen LogP contribution is 2.26. The van der Waals surface area contributed by atoms with Crippen molar-refractivity contribution in [2.75, 3.05) is 10.0 Å². The Bertz CT molecular complexity index is 1380. The summed E-state index contributed by atoms with van der Waals surface area (Å²) < 4.78 is 45.1. The van der Waals surface area contributed by atoms with Gasteiger partial charge in [0.2, 0.25) is 5.13 Å². The molecule has 0 radical (unpaired) electrons. The maximum absolute atomic E-state index is 13.1. The zero-order chi connectivity index (χ0) is 22.7. The number of hydrogen-bond donors (Lipinski definition) is 2. The summed E-state index contributed by atoms with van der Waals surface area (Å²) in [4.78, 5) is 16.7.